The Kier molecular flexibility index (Phi) is 3.72. The van der Waals surface area contributed by atoms with Crippen LogP contribution in [-0.4, -0.2) is 21.2 Å². The molecule has 6 nitrogen and oxygen atoms in total. The molecular formula is C17H13IN4O2. The second-order valence-electron chi connectivity index (χ2n) is 5.52. The molecule has 0 spiro atoms. The number of nitrogens with zero attached hydrogens (tertiary/aromatic N) is 3. The Bertz CT molecular complexity index is 952. The van der Waals surface area contributed by atoms with Crippen molar-refractivity contribution in [3.63, 3.8) is 0 Å². The smallest absolute Gasteiger partial charge is 0.294 e. The van der Waals surface area contributed by atoms with Crippen LogP contribution >= 0.6 is 22.6 Å². The first kappa shape index (κ1) is 15.1. The van der Waals surface area contributed by atoms with Crippen LogP contribution in [0.25, 0.3) is 16.9 Å². The van der Waals surface area contributed by atoms with Crippen LogP contribution in [0.1, 0.15) is 5.56 Å². The first-order chi connectivity index (χ1) is 11.6. The lowest BCUT2D eigenvalue weighted by atomic mass is 10.1. The number of nitro benzene ring substituents is 1. The van der Waals surface area contributed by atoms with Gasteiger partial charge in [-0.25, -0.2) is 4.68 Å². The molecule has 24 heavy (non-hydrogen) atoms. The Balaban J connectivity index is 1.94. The van der Waals surface area contributed by atoms with Gasteiger partial charge in [0, 0.05) is 27.3 Å². The average Bonchev–Trinajstić information content (AvgIpc) is 3.17. The molecule has 1 aliphatic rings. The van der Waals surface area contributed by atoms with E-state index < -0.39 is 0 Å². The van der Waals surface area contributed by atoms with Gasteiger partial charge in [-0.15, -0.1) is 0 Å². The molecule has 0 unspecified atom stereocenters. The third kappa shape index (κ3) is 2.44. The zero-order valence-corrected chi connectivity index (χ0v) is 14.7. The maximum absolute atomic E-state index is 11.4. The van der Waals surface area contributed by atoms with Gasteiger partial charge >= 0.3 is 0 Å². The van der Waals surface area contributed by atoms with E-state index >= 15 is 0 Å². The van der Waals surface area contributed by atoms with Crippen LogP contribution in [0.2, 0.25) is 0 Å². The van der Waals surface area contributed by atoms with Crippen molar-refractivity contribution in [2.75, 3.05) is 11.9 Å². The van der Waals surface area contributed by atoms with Crippen molar-refractivity contribution in [3.05, 3.63) is 67.8 Å². The van der Waals surface area contributed by atoms with Crippen LogP contribution in [0, 0.1) is 13.7 Å². The Morgan fingerprint density at radius 1 is 1.21 bits per heavy atom. The third-order valence-electron chi connectivity index (χ3n) is 4.06. The van der Waals surface area contributed by atoms with E-state index in [1.54, 1.807) is 22.9 Å². The van der Waals surface area contributed by atoms with Crippen LogP contribution < -0.4 is 5.32 Å². The summed E-state index contributed by atoms with van der Waals surface area (Å²) in [5, 5.41) is 19.4. The van der Waals surface area contributed by atoms with Gasteiger partial charge in [-0.1, -0.05) is 24.3 Å². The molecule has 0 aliphatic carbocycles. The summed E-state index contributed by atoms with van der Waals surface area (Å²) in [6.45, 7) is 0.810. The molecule has 0 radical (unpaired) electrons. The van der Waals surface area contributed by atoms with Gasteiger partial charge in [-0.2, -0.15) is 5.10 Å². The molecule has 7 heteroatoms. The first-order valence-electron chi connectivity index (χ1n) is 7.50. The summed E-state index contributed by atoms with van der Waals surface area (Å²) < 4.78 is 2.79. The van der Waals surface area contributed by atoms with Crippen LogP contribution in [0.5, 0.6) is 0 Å². The quantitative estimate of drug-likeness (QED) is 0.386. The fourth-order valence-corrected chi connectivity index (χ4v) is 3.56. The van der Waals surface area contributed by atoms with E-state index in [1.807, 2.05) is 18.2 Å². The average molecular weight is 432 g/mol. The fourth-order valence-electron chi connectivity index (χ4n) is 3.01. The minimum atomic E-state index is -0.372. The van der Waals surface area contributed by atoms with Crippen molar-refractivity contribution in [2.45, 2.75) is 6.42 Å². The Morgan fingerprint density at radius 3 is 2.83 bits per heavy atom. The molecular weight excluding hydrogens is 419 g/mol. The number of rotatable bonds is 3. The minimum absolute atomic E-state index is 0.0469. The van der Waals surface area contributed by atoms with Crippen molar-refractivity contribution in [2.24, 2.45) is 0 Å². The molecule has 0 amide bonds. The topological polar surface area (TPSA) is 73.0 Å². The molecule has 120 valence electrons. The number of anilines is 1. The van der Waals surface area contributed by atoms with Crippen LogP contribution in [0.4, 0.5) is 11.5 Å². The Morgan fingerprint density at radius 2 is 2.04 bits per heavy atom. The van der Waals surface area contributed by atoms with E-state index in [2.05, 4.69) is 34.0 Å². The van der Waals surface area contributed by atoms with Crippen molar-refractivity contribution in [1.29, 1.82) is 0 Å². The van der Waals surface area contributed by atoms with Gasteiger partial charge in [-0.05, 0) is 47.2 Å². The molecule has 4 rings (SSSR count). The summed E-state index contributed by atoms with van der Waals surface area (Å²) in [5.74, 6) is 0.846. The number of nitrogens with one attached hydrogen (secondary N) is 1. The predicted octanol–water partition coefficient (Wildman–Crippen LogP) is 4.02. The van der Waals surface area contributed by atoms with Crippen molar-refractivity contribution < 1.29 is 4.92 Å². The summed E-state index contributed by atoms with van der Waals surface area (Å²) in [5.41, 5.74) is 3.54. The molecule has 0 saturated carbocycles. The first-order valence-corrected chi connectivity index (χ1v) is 8.58. The molecule has 2 aromatic carbocycles. The molecule has 0 saturated heterocycles. The van der Waals surface area contributed by atoms with Crippen molar-refractivity contribution >= 4 is 34.1 Å². The number of fused-ring (bicyclic) bond motifs is 1. The van der Waals surface area contributed by atoms with Gasteiger partial charge in [-0.3, -0.25) is 10.1 Å². The lowest BCUT2D eigenvalue weighted by Gasteiger charge is -2.06. The molecule has 0 fully saturated rings. The number of aromatic nitrogens is 2. The monoisotopic (exact) mass is 432 g/mol. The SMILES string of the molecule is O=[N+]([O-])c1ccccc1-n1nc(-c2cccc(I)c2)c2c1NCC2. The highest BCUT2D eigenvalue weighted by Crippen LogP contribution is 2.36. The van der Waals surface area contributed by atoms with Gasteiger partial charge in [0.1, 0.15) is 11.5 Å². The normalized spacial score (nSPS) is 12.7. The third-order valence-corrected chi connectivity index (χ3v) is 4.73. The summed E-state index contributed by atoms with van der Waals surface area (Å²) in [6.07, 6.45) is 0.858. The van der Waals surface area contributed by atoms with E-state index in [-0.39, 0.29) is 10.6 Å². The summed E-state index contributed by atoms with van der Waals surface area (Å²) in [4.78, 5) is 11.0. The number of nitro groups is 1. The number of para-hydroxylation sites is 2. The van der Waals surface area contributed by atoms with Gasteiger partial charge in [0.05, 0.1) is 10.6 Å². The standard InChI is InChI=1S/C17H13IN4O2/c18-12-5-3-4-11(10-12)16-13-8-9-19-17(13)21(20-16)14-6-1-2-7-15(14)22(23)24/h1-7,10,19H,8-9H2. The van der Waals surface area contributed by atoms with Crippen LogP contribution in [-0.2, 0) is 6.42 Å². The number of hydrogen-bond donors (Lipinski definition) is 1. The molecule has 2 heterocycles. The number of benzene rings is 2. The number of halogens is 1. The van der Waals surface area contributed by atoms with E-state index in [4.69, 9.17) is 5.10 Å². The predicted molar refractivity (Wildman–Crippen MR) is 101 cm³/mol. The maximum Gasteiger partial charge on any atom is 0.294 e. The largest absolute Gasteiger partial charge is 0.369 e. The van der Waals surface area contributed by atoms with Crippen molar-refractivity contribution in [1.82, 2.24) is 9.78 Å². The highest BCUT2D eigenvalue weighted by molar-refractivity contribution is 14.1. The maximum atomic E-state index is 11.4. The van der Waals surface area contributed by atoms with E-state index in [0.29, 0.717) is 5.69 Å². The molecule has 1 aromatic heterocycles. The molecule has 3 aromatic rings. The Hall–Kier alpha value is -2.42. The highest BCUT2D eigenvalue weighted by Gasteiger charge is 2.27. The highest BCUT2D eigenvalue weighted by atomic mass is 127. The van der Waals surface area contributed by atoms with Gasteiger partial charge in [0.15, 0.2) is 0 Å². The minimum Gasteiger partial charge on any atom is -0.369 e. The van der Waals surface area contributed by atoms with Crippen molar-refractivity contribution in [3.8, 4) is 16.9 Å². The molecule has 1 N–H and O–H groups in total. The van der Waals surface area contributed by atoms with E-state index in [9.17, 15) is 10.1 Å². The lowest BCUT2D eigenvalue weighted by Crippen LogP contribution is -2.06. The zero-order valence-electron chi connectivity index (χ0n) is 12.6. The molecule has 0 atom stereocenters. The van der Waals surface area contributed by atoms with Gasteiger partial charge in [0.25, 0.3) is 5.69 Å². The van der Waals surface area contributed by atoms with Crippen LogP contribution in [0.3, 0.4) is 0 Å². The summed E-state index contributed by atoms with van der Waals surface area (Å²) in [6, 6.07) is 14.8. The Labute approximate surface area is 151 Å². The van der Waals surface area contributed by atoms with E-state index in [1.165, 1.54) is 6.07 Å². The van der Waals surface area contributed by atoms with Gasteiger partial charge in [0.2, 0.25) is 0 Å². The lowest BCUT2D eigenvalue weighted by molar-refractivity contribution is -0.384. The molecule has 1 aliphatic heterocycles. The van der Waals surface area contributed by atoms with Crippen LogP contribution in [0.15, 0.2) is 48.5 Å². The summed E-state index contributed by atoms with van der Waals surface area (Å²) >= 11 is 2.27. The van der Waals surface area contributed by atoms with Gasteiger partial charge < -0.3 is 5.32 Å². The fraction of sp³-hybridized carbons (Fsp3) is 0.118. The molecule has 0 bridgehead atoms. The second kappa shape index (κ2) is 5.90. The zero-order chi connectivity index (χ0) is 16.7. The number of hydrogen-bond acceptors (Lipinski definition) is 4. The second-order valence-corrected chi connectivity index (χ2v) is 6.77. The van der Waals surface area contributed by atoms with E-state index in [0.717, 1.165) is 39.2 Å². The summed E-state index contributed by atoms with van der Waals surface area (Å²) in [7, 11) is 0.